The number of carboxylic acid groups (broad SMARTS) is 1. The first-order chi connectivity index (χ1) is 8.04. The second-order valence-corrected chi connectivity index (χ2v) is 4.55. The van der Waals surface area contributed by atoms with Gasteiger partial charge in [0.2, 0.25) is 0 Å². The van der Waals surface area contributed by atoms with Crippen LogP contribution in [0.25, 0.3) is 0 Å². The van der Waals surface area contributed by atoms with Gasteiger partial charge in [0.1, 0.15) is 0 Å². The van der Waals surface area contributed by atoms with Gasteiger partial charge in [-0.15, -0.1) is 0 Å². The van der Waals surface area contributed by atoms with Gasteiger partial charge in [0.15, 0.2) is 0 Å². The van der Waals surface area contributed by atoms with E-state index in [1.807, 2.05) is 32.9 Å². The number of nitrogens with zero attached hydrogens (tertiary/aromatic N) is 1. The second kappa shape index (κ2) is 4.28. The molecule has 1 unspecified atom stereocenters. The molecule has 1 atom stereocenters. The highest BCUT2D eigenvalue weighted by Gasteiger charge is 2.29. The number of benzene rings is 1. The number of carbonyl (C=O) groups is 1. The van der Waals surface area contributed by atoms with Crippen molar-refractivity contribution < 1.29 is 9.90 Å². The Morgan fingerprint density at radius 2 is 2.12 bits per heavy atom. The van der Waals surface area contributed by atoms with Gasteiger partial charge in [0.05, 0.1) is 17.4 Å². The molecule has 1 heterocycles. The summed E-state index contributed by atoms with van der Waals surface area (Å²) in [5.74, 6) is 0. The zero-order valence-electron chi connectivity index (χ0n) is 10.4. The van der Waals surface area contributed by atoms with E-state index in [0.29, 0.717) is 6.54 Å². The van der Waals surface area contributed by atoms with Crippen molar-refractivity contribution in [1.29, 1.82) is 0 Å². The molecule has 0 aliphatic carbocycles. The number of aryl methyl sites for hydroxylation is 2. The molecule has 1 aliphatic heterocycles. The molecule has 0 bridgehead atoms. The molecule has 2 N–H and O–H groups in total. The molecule has 0 fully saturated rings. The van der Waals surface area contributed by atoms with Crippen LogP contribution in [0.1, 0.15) is 24.5 Å². The minimum atomic E-state index is -0.872. The summed E-state index contributed by atoms with van der Waals surface area (Å²) in [6.45, 7) is 6.73. The molecule has 1 aliphatic rings. The molecule has 0 saturated carbocycles. The van der Waals surface area contributed by atoms with Crippen LogP contribution in [0.15, 0.2) is 12.1 Å². The number of fused-ring (bicyclic) bond motifs is 1. The Morgan fingerprint density at radius 3 is 2.71 bits per heavy atom. The Kier molecular flexibility index (Phi) is 2.96. The summed E-state index contributed by atoms with van der Waals surface area (Å²) < 4.78 is 0. The molecular weight excluding hydrogens is 216 g/mol. The molecule has 1 aromatic carbocycles. The molecule has 0 spiro atoms. The Labute approximate surface area is 101 Å². The van der Waals surface area contributed by atoms with Crippen molar-refractivity contribution in [3.05, 3.63) is 23.3 Å². The quantitative estimate of drug-likeness (QED) is 0.785. The van der Waals surface area contributed by atoms with Gasteiger partial charge in [-0.25, -0.2) is 4.79 Å². The lowest BCUT2D eigenvalue weighted by molar-refractivity contribution is 0.198. The smallest absolute Gasteiger partial charge is 0.412 e. The molecular formula is C13H18N2O2. The number of hydrogen-bond donors (Lipinski definition) is 2. The molecule has 0 saturated heterocycles. The average Bonchev–Trinajstić information content (AvgIpc) is 2.29. The first-order valence-electron chi connectivity index (χ1n) is 5.92. The van der Waals surface area contributed by atoms with Gasteiger partial charge < -0.3 is 10.4 Å². The standard InChI is InChI=1S/C13H18N2O2/c1-4-10-7-14-11-5-8(2)9(3)6-12(11)15(10)13(16)17/h5-6,10,14H,4,7H2,1-3H3,(H,16,17). The van der Waals surface area contributed by atoms with Crippen molar-refractivity contribution in [1.82, 2.24) is 0 Å². The fraction of sp³-hybridized carbons (Fsp3) is 0.462. The van der Waals surface area contributed by atoms with Crippen LogP contribution in [0.4, 0.5) is 16.2 Å². The molecule has 0 radical (unpaired) electrons. The van der Waals surface area contributed by atoms with Crippen molar-refractivity contribution >= 4 is 17.5 Å². The predicted octanol–water partition coefficient (Wildman–Crippen LogP) is 2.99. The minimum absolute atomic E-state index is 0.0158. The van der Waals surface area contributed by atoms with Crippen LogP contribution in [-0.2, 0) is 0 Å². The highest BCUT2D eigenvalue weighted by molar-refractivity contribution is 5.93. The normalized spacial score (nSPS) is 18.5. The first kappa shape index (κ1) is 11.8. The minimum Gasteiger partial charge on any atom is -0.465 e. The van der Waals surface area contributed by atoms with E-state index in [1.165, 1.54) is 10.5 Å². The van der Waals surface area contributed by atoms with Gasteiger partial charge in [-0.2, -0.15) is 0 Å². The lowest BCUT2D eigenvalue weighted by Crippen LogP contribution is -2.46. The van der Waals surface area contributed by atoms with E-state index in [4.69, 9.17) is 0 Å². The monoisotopic (exact) mass is 234 g/mol. The van der Waals surface area contributed by atoms with Crippen molar-refractivity contribution in [2.45, 2.75) is 33.2 Å². The number of anilines is 2. The average molecular weight is 234 g/mol. The van der Waals surface area contributed by atoms with Crippen LogP contribution in [0.2, 0.25) is 0 Å². The highest BCUT2D eigenvalue weighted by atomic mass is 16.4. The van der Waals surface area contributed by atoms with Crippen LogP contribution in [0, 0.1) is 13.8 Å². The molecule has 2 rings (SSSR count). The zero-order chi connectivity index (χ0) is 12.6. The number of amides is 1. The summed E-state index contributed by atoms with van der Waals surface area (Å²) in [5.41, 5.74) is 3.99. The van der Waals surface area contributed by atoms with Gasteiger partial charge in [-0.05, 0) is 43.5 Å². The fourth-order valence-corrected chi connectivity index (χ4v) is 2.24. The zero-order valence-corrected chi connectivity index (χ0v) is 10.4. The maximum Gasteiger partial charge on any atom is 0.412 e. The molecule has 17 heavy (non-hydrogen) atoms. The summed E-state index contributed by atoms with van der Waals surface area (Å²) >= 11 is 0. The van der Waals surface area contributed by atoms with Crippen LogP contribution in [0.3, 0.4) is 0 Å². The van der Waals surface area contributed by atoms with Gasteiger partial charge in [-0.1, -0.05) is 6.92 Å². The molecule has 1 amide bonds. The van der Waals surface area contributed by atoms with Crippen LogP contribution in [0.5, 0.6) is 0 Å². The maximum atomic E-state index is 11.4. The number of nitrogens with one attached hydrogen (secondary N) is 1. The number of hydrogen-bond acceptors (Lipinski definition) is 2. The lowest BCUT2D eigenvalue weighted by atomic mass is 10.0. The summed E-state index contributed by atoms with van der Waals surface area (Å²) in [5, 5.41) is 12.7. The van der Waals surface area contributed by atoms with Crippen molar-refractivity contribution in [3.8, 4) is 0 Å². The fourth-order valence-electron chi connectivity index (χ4n) is 2.24. The Hall–Kier alpha value is -1.71. The van der Waals surface area contributed by atoms with E-state index in [1.54, 1.807) is 0 Å². The van der Waals surface area contributed by atoms with Gasteiger partial charge in [-0.3, -0.25) is 4.90 Å². The summed E-state index contributed by atoms with van der Waals surface area (Å²) in [7, 11) is 0. The molecule has 1 aromatic rings. The highest BCUT2D eigenvalue weighted by Crippen LogP contribution is 2.34. The van der Waals surface area contributed by atoms with Crippen LogP contribution >= 0.6 is 0 Å². The van der Waals surface area contributed by atoms with E-state index >= 15 is 0 Å². The topological polar surface area (TPSA) is 52.6 Å². The SMILES string of the molecule is CCC1CNc2cc(C)c(C)cc2N1C(=O)O. The molecule has 92 valence electrons. The Morgan fingerprint density at radius 1 is 1.47 bits per heavy atom. The van der Waals surface area contributed by atoms with Crippen molar-refractivity contribution in [3.63, 3.8) is 0 Å². The van der Waals surface area contributed by atoms with E-state index in [2.05, 4.69) is 5.32 Å². The largest absolute Gasteiger partial charge is 0.465 e. The van der Waals surface area contributed by atoms with E-state index in [0.717, 1.165) is 23.4 Å². The third-order valence-corrected chi connectivity index (χ3v) is 3.44. The third kappa shape index (κ3) is 1.95. The molecule has 4 heteroatoms. The summed E-state index contributed by atoms with van der Waals surface area (Å²) in [4.78, 5) is 12.9. The molecule has 4 nitrogen and oxygen atoms in total. The number of rotatable bonds is 1. The summed E-state index contributed by atoms with van der Waals surface area (Å²) in [6.07, 6.45) is -0.0612. The van der Waals surface area contributed by atoms with E-state index in [9.17, 15) is 9.90 Å². The van der Waals surface area contributed by atoms with Gasteiger partial charge in [0, 0.05) is 6.54 Å². The van der Waals surface area contributed by atoms with Crippen LogP contribution < -0.4 is 10.2 Å². The van der Waals surface area contributed by atoms with Crippen molar-refractivity contribution in [2.75, 3.05) is 16.8 Å². The van der Waals surface area contributed by atoms with E-state index < -0.39 is 6.09 Å². The van der Waals surface area contributed by atoms with Crippen LogP contribution in [-0.4, -0.2) is 23.8 Å². The van der Waals surface area contributed by atoms with Gasteiger partial charge in [0.25, 0.3) is 0 Å². The molecule has 0 aromatic heterocycles. The second-order valence-electron chi connectivity index (χ2n) is 4.55. The third-order valence-electron chi connectivity index (χ3n) is 3.44. The van der Waals surface area contributed by atoms with E-state index in [-0.39, 0.29) is 6.04 Å². The summed E-state index contributed by atoms with van der Waals surface area (Å²) in [6, 6.07) is 3.99. The van der Waals surface area contributed by atoms with Gasteiger partial charge >= 0.3 is 6.09 Å². The maximum absolute atomic E-state index is 11.4. The van der Waals surface area contributed by atoms with Crippen molar-refractivity contribution in [2.24, 2.45) is 0 Å². The first-order valence-corrected chi connectivity index (χ1v) is 5.92. The lowest BCUT2D eigenvalue weighted by Gasteiger charge is -2.36. The Balaban J connectivity index is 2.52. The predicted molar refractivity (Wildman–Crippen MR) is 69.0 cm³/mol. The Bertz CT molecular complexity index is 457.